The first-order chi connectivity index (χ1) is 7.83. The topological polar surface area (TPSA) is 32.3 Å². The van der Waals surface area contributed by atoms with E-state index >= 15 is 0 Å². The molecule has 4 rings (SSSR count). The van der Waals surface area contributed by atoms with Crippen molar-refractivity contribution in [2.75, 3.05) is 31.1 Å². The van der Waals surface area contributed by atoms with Crippen molar-refractivity contribution >= 4 is 17.4 Å². The van der Waals surface area contributed by atoms with Crippen molar-refractivity contribution in [3.63, 3.8) is 0 Å². The van der Waals surface area contributed by atoms with E-state index in [0.29, 0.717) is 11.2 Å². The lowest BCUT2D eigenvalue weighted by Gasteiger charge is -2.31. The fraction of sp³-hybridized carbons (Fsp3) is 0.636. The molecule has 3 saturated heterocycles. The van der Waals surface area contributed by atoms with Gasteiger partial charge in [-0.1, -0.05) is 11.6 Å². The van der Waals surface area contributed by atoms with Gasteiger partial charge in [-0.05, 0) is 12.8 Å². The van der Waals surface area contributed by atoms with E-state index in [-0.39, 0.29) is 0 Å². The first kappa shape index (κ1) is 10.3. The molecule has 0 atom stereocenters. The number of aromatic nitrogens is 2. The molecule has 0 amide bonds. The van der Waals surface area contributed by atoms with Crippen LogP contribution in [0.25, 0.3) is 0 Å². The maximum Gasteiger partial charge on any atom is 0.149 e. The minimum absolute atomic E-state index is 0.483. The van der Waals surface area contributed by atoms with Gasteiger partial charge in [0.25, 0.3) is 0 Å². The van der Waals surface area contributed by atoms with Crippen molar-refractivity contribution in [1.82, 2.24) is 14.9 Å². The Labute approximate surface area is 100 Å². The second-order valence-electron chi connectivity index (χ2n) is 4.47. The summed E-state index contributed by atoms with van der Waals surface area (Å²) in [5.41, 5.74) is 0. The molecular weight excluding hydrogens is 224 g/mol. The lowest BCUT2D eigenvalue weighted by molar-refractivity contribution is 0.250. The van der Waals surface area contributed by atoms with E-state index in [4.69, 9.17) is 11.6 Å². The average molecular weight is 239 g/mol. The highest BCUT2D eigenvalue weighted by atomic mass is 35.5. The van der Waals surface area contributed by atoms with Gasteiger partial charge in [0.05, 0.1) is 12.4 Å². The number of hydrogen-bond donors (Lipinski definition) is 0. The number of fused-ring (bicyclic) bond motifs is 4. The normalized spacial score (nSPS) is 29.2. The van der Waals surface area contributed by atoms with E-state index in [0.717, 1.165) is 18.9 Å². The summed E-state index contributed by atoms with van der Waals surface area (Å²) in [6.45, 7) is 4.61. The molecule has 0 aromatic carbocycles. The smallest absolute Gasteiger partial charge is 0.149 e. The molecule has 16 heavy (non-hydrogen) atoms. The molecular formula is C11H15ClN4. The molecule has 3 aliphatic heterocycles. The minimum atomic E-state index is 0.483. The quantitative estimate of drug-likeness (QED) is 0.741. The monoisotopic (exact) mass is 238 g/mol. The van der Waals surface area contributed by atoms with Crippen molar-refractivity contribution in [2.24, 2.45) is 0 Å². The van der Waals surface area contributed by atoms with Gasteiger partial charge in [-0.25, -0.2) is 4.98 Å². The lowest BCUT2D eigenvalue weighted by Crippen LogP contribution is -2.38. The number of anilines is 1. The predicted molar refractivity (Wildman–Crippen MR) is 63.9 cm³/mol. The molecule has 5 heteroatoms. The van der Waals surface area contributed by atoms with Crippen LogP contribution in [-0.4, -0.2) is 47.1 Å². The van der Waals surface area contributed by atoms with E-state index in [9.17, 15) is 0 Å². The summed E-state index contributed by atoms with van der Waals surface area (Å²) in [7, 11) is 0. The van der Waals surface area contributed by atoms with Crippen LogP contribution in [0.5, 0.6) is 0 Å². The van der Waals surface area contributed by atoms with Gasteiger partial charge in [-0.2, -0.15) is 0 Å². The summed E-state index contributed by atoms with van der Waals surface area (Å²) >= 11 is 5.90. The van der Waals surface area contributed by atoms with Gasteiger partial charge in [0, 0.05) is 32.2 Å². The highest BCUT2D eigenvalue weighted by Crippen LogP contribution is 2.25. The van der Waals surface area contributed by atoms with Gasteiger partial charge >= 0.3 is 0 Å². The average Bonchev–Trinajstić information content (AvgIpc) is 2.62. The molecule has 0 spiro atoms. The lowest BCUT2D eigenvalue weighted by atomic mass is 10.1. The SMILES string of the molecule is Clc1cncc(N2CCN3CCC2CC3)n1. The molecule has 1 aromatic rings. The Balaban J connectivity index is 1.88. The summed E-state index contributed by atoms with van der Waals surface area (Å²) in [5, 5.41) is 0.483. The van der Waals surface area contributed by atoms with Crippen molar-refractivity contribution in [3.8, 4) is 0 Å². The second-order valence-corrected chi connectivity index (χ2v) is 4.85. The van der Waals surface area contributed by atoms with Crippen LogP contribution >= 0.6 is 11.6 Å². The third-order valence-corrected chi connectivity index (χ3v) is 3.72. The van der Waals surface area contributed by atoms with E-state index in [1.165, 1.54) is 25.9 Å². The van der Waals surface area contributed by atoms with Crippen LogP contribution in [-0.2, 0) is 0 Å². The number of rotatable bonds is 1. The maximum absolute atomic E-state index is 5.90. The molecule has 1 aromatic heterocycles. The van der Waals surface area contributed by atoms with Gasteiger partial charge in [-0.15, -0.1) is 0 Å². The van der Waals surface area contributed by atoms with Crippen molar-refractivity contribution in [1.29, 1.82) is 0 Å². The van der Waals surface area contributed by atoms with Crippen molar-refractivity contribution < 1.29 is 0 Å². The van der Waals surface area contributed by atoms with E-state index < -0.39 is 0 Å². The Morgan fingerprint density at radius 1 is 1.12 bits per heavy atom. The molecule has 2 bridgehead atoms. The van der Waals surface area contributed by atoms with Gasteiger partial charge in [0.1, 0.15) is 11.0 Å². The zero-order valence-corrected chi connectivity index (χ0v) is 9.90. The third-order valence-electron chi connectivity index (χ3n) is 3.54. The summed E-state index contributed by atoms with van der Waals surface area (Å²) in [6.07, 6.45) is 5.87. The van der Waals surface area contributed by atoms with E-state index in [2.05, 4.69) is 19.8 Å². The number of nitrogens with zero attached hydrogens (tertiary/aromatic N) is 4. The molecule has 0 unspecified atom stereocenters. The second kappa shape index (κ2) is 4.18. The van der Waals surface area contributed by atoms with Gasteiger partial charge in [0.15, 0.2) is 0 Å². The van der Waals surface area contributed by atoms with Gasteiger partial charge in [0.2, 0.25) is 0 Å². The van der Waals surface area contributed by atoms with Gasteiger partial charge in [-0.3, -0.25) is 4.98 Å². The van der Waals surface area contributed by atoms with Crippen LogP contribution < -0.4 is 4.90 Å². The summed E-state index contributed by atoms with van der Waals surface area (Å²) in [5.74, 6) is 0.932. The number of hydrogen-bond acceptors (Lipinski definition) is 4. The Morgan fingerprint density at radius 2 is 1.94 bits per heavy atom. The zero-order valence-electron chi connectivity index (χ0n) is 9.14. The number of halogens is 1. The zero-order chi connectivity index (χ0) is 11.0. The Bertz CT molecular complexity index is 376. The first-order valence-electron chi connectivity index (χ1n) is 5.79. The van der Waals surface area contributed by atoms with Crippen LogP contribution in [0, 0.1) is 0 Å². The predicted octanol–water partition coefficient (Wildman–Crippen LogP) is 1.41. The summed E-state index contributed by atoms with van der Waals surface area (Å²) in [6, 6.07) is 0.617. The summed E-state index contributed by atoms with van der Waals surface area (Å²) < 4.78 is 0. The number of piperidine rings is 1. The van der Waals surface area contributed by atoms with Crippen molar-refractivity contribution in [2.45, 2.75) is 18.9 Å². The summed E-state index contributed by atoms with van der Waals surface area (Å²) in [4.78, 5) is 13.4. The maximum atomic E-state index is 5.90. The molecule has 4 nitrogen and oxygen atoms in total. The molecule has 3 fully saturated rings. The van der Waals surface area contributed by atoms with Crippen LogP contribution in [0.1, 0.15) is 12.8 Å². The Hall–Kier alpha value is -0.870. The molecule has 0 saturated carbocycles. The van der Waals surface area contributed by atoms with Crippen LogP contribution in [0.3, 0.4) is 0 Å². The molecule has 0 radical (unpaired) electrons. The van der Waals surface area contributed by atoms with Crippen LogP contribution in [0.4, 0.5) is 5.82 Å². The molecule has 0 N–H and O–H groups in total. The largest absolute Gasteiger partial charge is 0.351 e. The molecule has 86 valence electrons. The van der Waals surface area contributed by atoms with Crippen LogP contribution in [0.2, 0.25) is 5.15 Å². The molecule has 4 heterocycles. The Morgan fingerprint density at radius 3 is 2.69 bits per heavy atom. The highest BCUT2D eigenvalue weighted by molar-refractivity contribution is 6.29. The first-order valence-corrected chi connectivity index (χ1v) is 6.17. The third kappa shape index (κ3) is 1.87. The van der Waals surface area contributed by atoms with Gasteiger partial charge < -0.3 is 9.80 Å². The minimum Gasteiger partial charge on any atom is -0.351 e. The van der Waals surface area contributed by atoms with E-state index in [1.54, 1.807) is 6.20 Å². The Kier molecular flexibility index (Phi) is 2.69. The van der Waals surface area contributed by atoms with E-state index in [1.807, 2.05) is 6.20 Å². The standard InChI is InChI=1S/C11H15ClN4/c12-10-7-13-8-11(14-10)16-6-5-15-3-1-9(16)2-4-15/h7-9H,1-6H2. The van der Waals surface area contributed by atoms with Crippen molar-refractivity contribution in [3.05, 3.63) is 17.5 Å². The fourth-order valence-corrected chi connectivity index (χ4v) is 2.80. The fourth-order valence-electron chi connectivity index (χ4n) is 2.66. The highest BCUT2D eigenvalue weighted by Gasteiger charge is 2.29. The van der Waals surface area contributed by atoms with Crippen LogP contribution in [0.15, 0.2) is 12.4 Å². The molecule has 0 aliphatic carbocycles. The molecule has 3 aliphatic rings.